The number of amides is 3. The van der Waals surface area contributed by atoms with Crippen molar-refractivity contribution in [3.8, 4) is 0 Å². The van der Waals surface area contributed by atoms with Crippen molar-refractivity contribution in [1.29, 1.82) is 0 Å². The van der Waals surface area contributed by atoms with Crippen LogP contribution in [0.15, 0.2) is 18.2 Å². The van der Waals surface area contributed by atoms with Crippen molar-refractivity contribution in [3.63, 3.8) is 0 Å². The summed E-state index contributed by atoms with van der Waals surface area (Å²) in [6.07, 6.45) is 0.0929. The predicted octanol–water partition coefficient (Wildman–Crippen LogP) is 3.00. The molecule has 0 radical (unpaired) electrons. The number of halogens is 1. The summed E-state index contributed by atoms with van der Waals surface area (Å²) in [6.45, 7) is 8.43. The number of carbonyl (C=O) groups excluding carboxylic acids is 3. The molecule has 0 spiro atoms. The molecule has 1 unspecified atom stereocenters. The number of ether oxygens (including phenoxy) is 1. The molecule has 0 bridgehead atoms. The molecule has 1 aromatic carbocycles. The van der Waals surface area contributed by atoms with Crippen molar-refractivity contribution < 1.29 is 27.5 Å². The molecule has 2 aromatic rings. The topological polar surface area (TPSA) is 139 Å². The Morgan fingerprint density at radius 2 is 1.89 bits per heavy atom. The molecule has 2 heterocycles. The highest BCUT2D eigenvalue weighted by Gasteiger charge is 2.42. The lowest BCUT2D eigenvalue weighted by atomic mass is 9.86. The van der Waals surface area contributed by atoms with Crippen LogP contribution in [0.3, 0.4) is 0 Å². The standard InChI is InChI=1S/C25H36ClN5O6S/c1-16-8-9-19-18(21(16)26)14-20(30(19)6)22(33)28-25(11-12-27-17(2)32)10-7-13-31(15-25)38(35,36)29-23(34)37-24(3,4)5/h8-9,14H,7,10-13,15H2,1-6H3,(H,27,32)(H,28,33)(H,29,34). The number of hydrogen-bond acceptors (Lipinski definition) is 6. The number of fused-ring (bicyclic) bond motifs is 1. The Morgan fingerprint density at radius 1 is 1.21 bits per heavy atom. The van der Waals surface area contributed by atoms with Crippen molar-refractivity contribution in [2.45, 2.75) is 65.0 Å². The SMILES string of the molecule is CC(=O)NCCC1(NC(=O)c2cc3c(Cl)c(C)ccc3n2C)CCCN(S(=O)(=O)NC(=O)OC(C)(C)C)C1. The number of piperidine rings is 1. The summed E-state index contributed by atoms with van der Waals surface area (Å²) >= 11 is 6.48. The Kier molecular flexibility index (Phi) is 8.69. The molecule has 1 saturated heterocycles. The van der Waals surface area contributed by atoms with Crippen LogP contribution in [0.1, 0.15) is 63.0 Å². The number of aryl methyl sites for hydroxylation is 2. The molecule has 1 aromatic heterocycles. The van der Waals surface area contributed by atoms with Gasteiger partial charge in [0.05, 0.1) is 10.6 Å². The molecule has 3 amide bonds. The molecule has 1 aliphatic rings. The molecule has 1 aliphatic heterocycles. The molecular formula is C25H36ClN5O6S. The van der Waals surface area contributed by atoms with Crippen molar-refractivity contribution in [2.24, 2.45) is 7.05 Å². The van der Waals surface area contributed by atoms with Gasteiger partial charge in [-0.05, 0) is 64.7 Å². The molecule has 0 aliphatic carbocycles. The minimum absolute atomic E-state index is 0.0970. The van der Waals surface area contributed by atoms with Crippen LogP contribution in [0.4, 0.5) is 4.79 Å². The molecule has 3 rings (SSSR count). The van der Waals surface area contributed by atoms with Gasteiger partial charge in [-0.25, -0.2) is 9.52 Å². The van der Waals surface area contributed by atoms with Crippen molar-refractivity contribution >= 4 is 50.6 Å². The first-order valence-electron chi connectivity index (χ1n) is 12.4. The van der Waals surface area contributed by atoms with Gasteiger partial charge in [-0.3, -0.25) is 9.59 Å². The van der Waals surface area contributed by atoms with Crippen LogP contribution >= 0.6 is 11.6 Å². The van der Waals surface area contributed by atoms with E-state index >= 15 is 0 Å². The number of aromatic nitrogens is 1. The Morgan fingerprint density at radius 3 is 2.53 bits per heavy atom. The third kappa shape index (κ3) is 6.97. The maximum absolute atomic E-state index is 13.6. The quantitative estimate of drug-likeness (QED) is 0.468. The van der Waals surface area contributed by atoms with E-state index in [1.165, 1.54) is 6.92 Å². The van der Waals surface area contributed by atoms with E-state index in [0.29, 0.717) is 23.6 Å². The Labute approximate surface area is 228 Å². The second-order valence-electron chi connectivity index (χ2n) is 10.7. The van der Waals surface area contributed by atoms with Gasteiger partial charge in [0.25, 0.3) is 5.91 Å². The Bertz CT molecular complexity index is 1350. The highest BCUT2D eigenvalue weighted by Crippen LogP contribution is 2.31. The van der Waals surface area contributed by atoms with Gasteiger partial charge in [0.2, 0.25) is 5.91 Å². The van der Waals surface area contributed by atoms with Crippen LogP contribution in [0, 0.1) is 6.92 Å². The van der Waals surface area contributed by atoms with Crippen LogP contribution in [0.2, 0.25) is 5.02 Å². The van der Waals surface area contributed by atoms with E-state index in [0.717, 1.165) is 20.8 Å². The van der Waals surface area contributed by atoms with E-state index < -0.39 is 33.3 Å². The lowest BCUT2D eigenvalue weighted by molar-refractivity contribution is -0.119. The summed E-state index contributed by atoms with van der Waals surface area (Å²) in [5.41, 5.74) is 0.147. The highest BCUT2D eigenvalue weighted by atomic mass is 35.5. The van der Waals surface area contributed by atoms with E-state index in [2.05, 4.69) is 10.6 Å². The molecule has 13 heteroatoms. The van der Waals surface area contributed by atoms with Crippen molar-refractivity contribution in [3.05, 3.63) is 34.5 Å². The fourth-order valence-corrected chi connectivity index (χ4v) is 6.00. The van der Waals surface area contributed by atoms with E-state index in [-0.39, 0.29) is 32.0 Å². The summed E-state index contributed by atoms with van der Waals surface area (Å²) in [7, 11) is -2.50. The predicted molar refractivity (Wildman–Crippen MR) is 145 cm³/mol. The van der Waals surface area contributed by atoms with Gasteiger partial charge in [0, 0.05) is 44.5 Å². The fraction of sp³-hybridized carbons (Fsp3) is 0.560. The fourth-order valence-electron chi connectivity index (χ4n) is 4.62. The average molecular weight is 570 g/mol. The molecule has 1 atom stereocenters. The van der Waals surface area contributed by atoms with Gasteiger partial charge in [-0.1, -0.05) is 17.7 Å². The molecular weight excluding hydrogens is 534 g/mol. The first-order valence-corrected chi connectivity index (χ1v) is 14.2. The molecule has 0 saturated carbocycles. The monoisotopic (exact) mass is 569 g/mol. The summed E-state index contributed by atoms with van der Waals surface area (Å²) in [4.78, 5) is 37.3. The zero-order valence-corrected chi connectivity index (χ0v) is 24.2. The first-order chi connectivity index (χ1) is 17.5. The lowest BCUT2D eigenvalue weighted by Crippen LogP contribution is -2.62. The summed E-state index contributed by atoms with van der Waals surface area (Å²) in [5, 5.41) is 7.06. The van der Waals surface area contributed by atoms with Gasteiger partial charge < -0.3 is 19.9 Å². The van der Waals surface area contributed by atoms with Gasteiger partial charge in [0.15, 0.2) is 0 Å². The third-order valence-electron chi connectivity index (χ3n) is 6.44. The number of benzene rings is 1. The Hall–Kier alpha value is -2.83. The van der Waals surface area contributed by atoms with Gasteiger partial charge in [-0.2, -0.15) is 12.7 Å². The van der Waals surface area contributed by atoms with E-state index in [1.54, 1.807) is 38.5 Å². The first kappa shape index (κ1) is 29.7. The molecule has 11 nitrogen and oxygen atoms in total. The summed E-state index contributed by atoms with van der Waals surface area (Å²) < 4.78 is 36.0. The minimum atomic E-state index is -4.26. The van der Waals surface area contributed by atoms with E-state index in [4.69, 9.17) is 16.3 Å². The largest absolute Gasteiger partial charge is 0.443 e. The van der Waals surface area contributed by atoms with Crippen LogP contribution in [0.5, 0.6) is 0 Å². The van der Waals surface area contributed by atoms with Crippen LogP contribution in [0.25, 0.3) is 10.9 Å². The number of nitrogens with one attached hydrogen (secondary N) is 3. The van der Waals surface area contributed by atoms with E-state index in [1.807, 2.05) is 23.8 Å². The Balaban J connectivity index is 1.89. The molecule has 1 fully saturated rings. The van der Waals surface area contributed by atoms with Crippen molar-refractivity contribution in [2.75, 3.05) is 19.6 Å². The molecule has 210 valence electrons. The zero-order chi connectivity index (χ0) is 28.5. The number of carbonyl (C=O) groups is 3. The smallest absolute Gasteiger partial charge is 0.422 e. The maximum atomic E-state index is 13.6. The van der Waals surface area contributed by atoms with Gasteiger partial charge >= 0.3 is 16.3 Å². The second kappa shape index (κ2) is 11.1. The minimum Gasteiger partial charge on any atom is -0.443 e. The number of nitrogens with zero attached hydrogens (tertiary/aromatic N) is 2. The lowest BCUT2D eigenvalue weighted by Gasteiger charge is -2.42. The molecule has 38 heavy (non-hydrogen) atoms. The third-order valence-corrected chi connectivity index (χ3v) is 8.35. The van der Waals surface area contributed by atoms with Crippen LogP contribution in [-0.2, 0) is 26.8 Å². The zero-order valence-electron chi connectivity index (χ0n) is 22.6. The number of rotatable bonds is 7. The normalized spacial score (nSPS) is 18.7. The van der Waals surface area contributed by atoms with E-state index in [9.17, 15) is 22.8 Å². The molecule has 3 N–H and O–H groups in total. The highest BCUT2D eigenvalue weighted by molar-refractivity contribution is 7.87. The second-order valence-corrected chi connectivity index (χ2v) is 12.8. The van der Waals surface area contributed by atoms with Crippen LogP contribution in [-0.4, -0.2) is 66.0 Å². The maximum Gasteiger partial charge on any atom is 0.422 e. The van der Waals surface area contributed by atoms with Crippen molar-refractivity contribution in [1.82, 2.24) is 24.2 Å². The van der Waals surface area contributed by atoms with Gasteiger partial charge in [0.1, 0.15) is 11.3 Å². The summed E-state index contributed by atoms with van der Waals surface area (Å²) in [6, 6.07) is 5.48. The number of hydrogen-bond donors (Lipinski definition) is 3. The van der Waals surface area contributed by atoms with Gasteiger partial charge in [-0.15, -0.1) is 0 Å². The van der Waals surface area contributed by atoms with Crippen LogP contribution < -0.4 is 15.4 Å². The average Bonchev–Trinajstić information content (AvgIpc) is 3.11. The summed E-state index contributed by atoms with van der Waals surface area (Å²) in [5.74, 6) is -0.642.